The molecule has 4 heteroatoms. The Hall–Kier alpha value is -0.440. The fourth-order valence-corrected chi connectivity index (χ4v) is 4.24. The smallest absolute Gasteiger partial charge is 0.139 e. The summed E-state index contributed by atoms with van der Waals surface area (Å²) in [5, 5.41) is 4.78. The molecule has 0 aliphatic heterocycles. The van der Waals surface area contributed by atoms with Crippen molar-refractivity contribution in [1.29, 1.82) is 0 Å². The van der Waals surface area contributed by atoms with Crippen molar-refractivity contribution in [3.05, 3.63) is 28.2 Å². The summed E-state index contributed by atoms with van der Waals surface area (Å²) in [4.78, 5) is 0. The van der Waals surface area contributed by atoms with E-state index in [9.17, 15) is 0 Å². The van der Waals surface area contributed by atoms with Gasteiger partial charge in [0, 0.05) is 29.0 Å². The SMILES string of the molecule is CNC1CC(Oc2cc(Cl)ccc2Cl)C12CCCCC2. The molecule has 0 aromatic heterocycles. The summed E-state index contributed by atoms with van der Waals surface area (Å²) in [6.07, 6.45) is 7.78. The molecule has 0 bridgehead atoms. The van der Waals surface area contributed by atoms with Gasteiger partial charge in [0.2, 0.25) is 0 Å². The van der Waals surface area contributed by atoms with E-state index >= 15 is 0 Å². The third-order valence-corrected chi connectivity index (χ3v) is 5.63. The molecule has 1 aromatic carbocycles. The Morgan fingerprint density at radius 1 is 1.20 bits per heavy atom. The van der Waals surface area contributed by atoms with Crippen LogP contribution in [0, 0.1) is 5.41 Å². The van der Waals surface area contributed by atoms with Crippen molar-refractivity contribution >= 4 is 23.2 Å². The van der Waals surface area contributed by atoms with Crippen molar-refractivity contribution in [2.75, 3.05) is 7.05 Å². The molecule has 1 spiro atoms. The summed E-state index contributed by atoms with van der Waals surface area (Å²) in [6, 6.07) is 6.00. The Bertz CT molecular complexity index is 485. The van der Waals surface area contributed by atoms with E-state index in [1.54, 1.807) is 12.1 Å². The standard InChI is InChI=1S/C16H21Cl2NO/c1-19-14-10-15(16(14)7-3-2-4-8-16)20-13-9-11(17)5-6-12(13)18/h5-6,9,14-15,19H,2-4,7-8,10H2,1H3. The lowest BCUT2D eigenvalue weighted by Crippen LogP contribution is -2.64. The van der Waals surface area contributed by atoms with Gasteiger partial charge in [-0.2, -0.15) is 0 Å². The van der Waals surface area contributed by atoms with E-state index < -0.39 is 0 Å². The molecule has 0 heterocycles. The van der Waals surface area contributed by atoms with Crippen molar-refractivity contribution in [3.63, 3.8) is 0 Å². The molecule has 2 saturated carbocycles. The van der Waals surface area contributed by atoms with Crippen molar-refractivity contribution in [3.8, 4) is 5.75 Å². The molecule has 0 amide bonds. The maximum absolute atomic E-state index is 6.23. The van der Waals surface area contributed by atoms with Crippen molar-refractivity contribution in [2.24, 2.45) is 5.41 Å². The van der Waals surface area contributed by atoms with Crippen LogP contribution < -0.4 is 10.1 Å². The van der Waals surface area contributed by atoms with E-state index in [2.05, 4.69) is 12.4 Å². The second kappa shape index (κ2) is 5.75. The summed E-state index contributed by atoms with van der Waals surface area (Å²) >= 11 is 12.3. The molecule has 2 nitrogen and oxygen atoms in total. The minimum absolute atomic E-state index is 0.260. The molecule has 0 radical (unpaired) electrons. The molecule has 2 unspecified atom stereocenters. The van der Waals surface area contributed by atoms with Crippen LogP contribution in [0.1, 0.15) is 38.5 Å². The van der Waals surface area contributed by atoms with Gasteiger partial charge in [-0.25, -0.2) is 0 Å². The van der Waals surface area contributed by atoms with Gasteiger partial charge >= 0.3 is 0 Å². The first kappa shape index (κ1) is 14.5. The maximum atomic E-state index is 6.23. The summed E-state index contributed by atoms with van der Waals surface area (Å²) in [5.74, 6) is 0.726. The van der Waals surface area contributed by atoms with E-state index in [4.69, 9.17) is 27.9 Å². The van der Waals surface area contributed by atoms with Crippen LogP contribution >= 0.6 is 23.2 Å². The number of benzene rings is 1. The van der Waals surface area contributed by atoms with Gasteiger partial charge in [0.15, 0.2) is 0 Å². The predicted octanol–water partition coefficient (Wildman–Crippen LogP) is 4.68. The fraction of sp³-hybridized carbons (Fsp3) is 0.625. The van der Waals surface area contributed by atoms with E-state index in [0.29, 0.717) is 21.5 Å². The van der Waals surface area contributed by atoms with Crippen LogP contribution in [0.4, 0.5) is 0 Å². The van der Waals surface area contributed by atoms with E-state index in [-0.39, 0.29) is 6.10 Å². The zero-order chi connectivity index (χ0) is 14.2. The van der Waals surface area contributed by atoms with Crippen LogP contribution in [-0.4, -0.2) is 19.2 Å². The number of ether oxygens (including phenoxy) is 1. The minimum Gasteiger partial charge on any atom is -0.488 e. The number of rotatable bonds is 3. The lowest BCUT2D eigenvalue weighted by Gasteiger charge is -2.57. The monoisotopic (exact) mass is 313 g/mol. The van der Waals surface area contributed by atoms with Gasteiger partial charge in [0.05, 0.1) is 5.02 Å². The van der Waals surface area contributed by atoms with Crippen LogP contribution in [-0.2, 0) is 0 Å². The molecular formula is C16H21Cl2NO. The van der Waals surface area contributed by atoms with Gasteiger partial charge in [-0.1, -0.05) is 42.5 Å². The highest BCUT2D eigenvalue weighted by Crippen LogP contribution is 2.53. The highest BCUT2D eigenvalue weighted by atomic mass is 35.5. The average Bonchev–Trinajstić information content (AvgIpc) is 2.47. The third kappa shape index (κ3) is 2.43. The largest absolute Gasteiger partial charge is 0.488 e. The van der Waals surface area contributed by atoms with Crippen LogP contribution in [0.25, 0.3) is 0 Å². The van der Waals surface area contributed by atoms with E-state index in [1.165, 1.54) is 32.1 Å². The van der Waals surface area contributed by atoms with Crippen molar-refractivity contribution < 1.29 is 4.74 Å². The number of hydrogen-bond donors (Lipinski definition) is 1. The zero-order valence-electron chi connectivity index (χ0n) is 11.8. The first-order valence-corrected chi connectivity index (χ1v) is 8.20. The normalized spacial score (nSPS) is 28.1. The topological polar surface area (TPSA) is 21.3 Å². The predicted molar refractivity (Wildman–Crippen MR) is 83.9 cm³/mol. The molecule has 1 aromatic rings. The van der Waals surface area contributed by atoms with E-state index in [1.807, 2.05) is 6.07 Å². The molecule has 2 aliphatic carbocycles. The number of nitrogens with one attached hydrogen (secondary N) is 1. The summed E-state index contributed by atoms with van der Waals surface area (Å²) in [7, 11) is 2.06. The molecule has 20 heavy (non-hydrogen) atoms. The minimum atomic E-state index is 0.260. The molecule has 3 rings (SSSR count). The van der Waals surface area contributed by atoms with Gasteiger partial charge < -0.3 is 10.1 Å². The highest BCUT2D eigenvalue weighted by molar-refractivity contribution is 6.34. The molecule has 0 saturated heterocycles. The van der Waals surface area contributed by atoms with Gasteiger partial charge in [0.25, 0.3) is 0 Å². The lowest BCUT2D eigenvalue weighted by molar-refractivity contribution is -0.100. The molecule has 1 N–H and O–H groups in total. The van der Waals surface area contributed by atoms with Crippen molar-refractivity contribution in [2.45, 2.75) is 50.7 Å². The number of halogens is 2. The average molecular weight is 314 g/mol. The van der Waals surface area contributed by atoms with Gasteiger partial charge in [0.1, 0.15) is 11.9 Å². The Kier molecular flexibility index (Phi) is 4.16. The zero-order valence-corrected chi connectivity index (χ0v) is 13.3. The van der Waals surface area contributed by atoms with Crippen LogP contribution in [0.15, 0.2) is 18.2 Å². The van der Waals surface area contributed by atoms with Crippen LogP contribution in [0.5, 0.6) is 5.75 Å². The lowest BCUT2D eigenvalue weighted by atomic mass is 9.55. The van der Waals surface area contributed by atoms with Gasteiger partial charge in [-0.3, -0.25) is 0 Å². The van der Waals surface area contributed by atoms with Crippen molar-refractivity contribution in [1.82, 2.24) is 5.32 Å². The number of hydrogen-bond acceptors (Lipinski definition) is 2. The Morgan fingerprint density at radius 2 is 1.95 bits per heavy atom. The van der Waals surface area contributed by atoms with E-state index in [0.717, 1.165) is 12.2 Å². The highest BCUT2D eigenvalue weighted by Gasteiger charge is 2.56. The first-order valence-electron chi connectivity index (χ1n) is 7.45. The molecule has 2 fully saturated rings. The van der Waals surface area contributed by atoms with Gasteiger partial charge in [-0.15, -0.1) is 0 Å². The quantitative estimate of drug-likeness (QED) is 0.874. The Morgan fingerprint density at radius 3 is 2.65 bits per heavy atom. The Labute approximate surface area is 130 Å². The molecule has 2 atom stereocenters. The Balaban J connectivity index is 1.78. The summed E-state index contributed by atoms with van der Waals surface area (Å²) in [5.41, 5.74) is 0.290. The summed E-state index contributed by atoms with van der Waals surface area (Å²) < 4.78 is 6.23. The van der Waals surface area contributed by atoms with Gasteiger partial charge in [-0.05, 0) is 32.0 Å². The fourth-order valence-electron chi connectivity index (χ4n) is 3.92. The second-order valence-electron chi connectivity index (χ2n) is 6.05. The van der Waals surface area contributed by atoms with Crippen LogP contribution in [0.3, 0.4) is 0 Å². The van der Waals surface area contributed by atoms with Crippen LogP contribution in [0.2, 0.25) is 10.0 Å². The molecule has 2 aliphatic rings. The first-order chi connectivity index (χ1) is 9.65. The molecule has 110 valence electrons. The molecular weight excluding hydrogens is 293 g/mol. The third-order valence-electron chi connectivity index (χ3n) is 5.08. The summed E-state index contributed by atoms with van der Waals surface area (Å²) in [6.45, 7) is 0. The maximum Gasteiger partial charge on any atom is 0.139 e. The second-order valence-corrected chi connectivity index (χ2v) is 6.90.